The minimum Gasteiger partial charge on any atom is -0.424 e. The zero-order valence-corrected chi connectivity index (χ0v) is 17.1. The fraction of sp³-hybridized carbons (Fsp3) is 0.350. The van der Waals surface area contributed by atoms with Gasteiger partial charge < -0.3 is 4.74 Å². The Balaban J connectivity index is 1.65. The Kier molecular flexibility index (Phi) is 4.65. The van der Waals surface area contributed by atoms with Crippen molar-refractivity contribution in [3.63, 3.8) is 0 Å². The number of hydrogen-bond donors (Lipinski definition) is 0. The molecule has 0 saturated heterocycles. The maximum atomic E-state index is 12.6. The lowest BCUT2D eigenvalue weighted by atomic mass is 10.2. The Bertz CT molecular complexity index is 1220. The second-order valence-electron chi connectivity index (χ2n) is 7.46. The van der Waals surface area contributed by atoms with Crippen molar-refractivity contribution in [1.82, 2.24) is 34.1 Å². The van der Waals surface area contributed by atoms with Crippen LogP contribution in [0.15, 0.2) is 41.7 Å². The average Bonchev–Trinajstić information content (AvgIpc) is 3.34. The highest BCUT2D eigenvalue weighted by atomic mass is 16.5. The van der Waals surface area contributed by atoms with Crippen LogP contribution in [0.5, 0.6) is 11.8 Å². The first-order valence-corrected chi connectivity index (χ1v) is 9.48. The fourth-order valence-corrected chi connectivity index (χ4v) is 2.99. The smallest absolute Gasteiger partial charge is 0.306 e. The molecule has 9 nitrogen and oxygen atoms in total. The minimum atomic E-state index is -0.206. The standard InChI is InChI=1S/C20H23N7O2/c1-12(2)26-11-14(8-22-26)17-7-6-15(9-21-17)29-20-24-18-16(19(28)25(20)5)10-23-27(18)13(3)4/h6-13H,1-5H3. The third kappa shape index (κ3) is 3.39. The molecule has 4 aromatic rings. The summed E-state index contributed by atoms with van der Waals surface area (Å²) in [6.45, 7) is 8.10. The lowest BCUT2D eigenvalue weighted by Gasteiger charge is -2.11. The van der Waals surface area contributed by atoms with Gasteiger partial charge in [-0.3, -0.25) is 19.0 Å². The van der Waals surface area contributed by atoms with Crippen LogP contribution in [0.2, 0.25) is 0 Å². The van der Waals surface area contributed by atoms with Crippen molar-refractivity contribution >= 4 is 11.0 Å². The molecule has 9 heteroatoms. The summed E-state index contributed by atoms with van der Waals surface area (Å²) in [5.74, 6) is 0.488. The Morgan fingerprint density at radius 1 is 1.00 bits per heavy atom. The van der Waals surface area contributed by atoms with Gasteiger partial charge >= 0.3 is 6.01 Å². The number of nitrogens with zero attached hydrogens (tertiary/aromatic N) is 7. The number of fused-ring (bicyclic) bond motifs is 1. The second kappa shape index (κ2) is 7.16. The van der Waals surface area contributed by atoms with Gasteiger partial charge in [0.15, 0.2) is 5.65 Å². The molecule has 29 heavy (non-hydrogen) atoms. The monoisotopic (exact) mass is 393 g/mol. The quantitative estimate of drug-likeness (QED) is 0.516. The van der Waals surface area contributed by atoms with E-state index >= 15 is 0 Å². The summed E-state index contributed by atoms with van der Waals surface area (Å²) in [5.41, 5.74) is 2.02. The minimum absolute atomic E-state index is 0.0765. The van der Waals surface area contributed by atoms with E-state index in [9.17, 15) is 4.79 Å². The van der Waals surface area contributed by atoms with Crippen molar-refractivity contribution in [2.24, 2.45) is 7.05 Å². The predicted octanol–water partition coefficient (Wildman–Crippen LogP) is 3.34. The van der Waals surface area contributed by atoms with E-state index < -0.39 is 0 Å². The van der Waals surface area contributed by atoms with Gasteiger partial charge in [0.05, 0.1) is 24.3 Å². The molecule has 0 aromatic carbocycles. The van der Waals surface area contributed by atoms with Crippen LogP contribution in [-0.4, -0.2) is 34.1 Å². The van der Waals surface area contributed by atoms with Crippen molar-refractivity contribution in [2.45, 2.75) is 39.8 Å². The zero-order chi connectivity index (χ0) is 20.7. The van der Waals surface area contributed by atoms with Gasteiger partial charge in [-0.2, -0.15) is 15.2 Å². The van der Waals surface area contributed by atoms with E-state index in [-0.39, 0.29) is 23.7 Å². The Morgan fingerprint density at radius 3 is 2.41 bits per heavy atom. The molecule has 0 aliphatic carbocycles. The molecule has 0 aliphatic rings. The number of pyridine rings is 1. The molecule has 4 heterocycles. The van der Waals surface area contributed by atoms with Crippen LogP contribution in [-0.2, 0) is 7.05 Å². The van der Waals surface area contributed by atoms with E-state index in [1.54, 1.807) is 36.4 Å². The van der Waals surface area contributed by atoms with Crippen molar-refractivity contribution in [3.05, 3.63) is 47.3 Å². The maximum absolute atomic E-state index is 12.6. The molecule has 0 amide bonds. The predicted molar refractivity (Wildman–Crippen MR) is 109 cm³/mol. The van der Waals surface area contributed by atoms with E-state index in [0.717, 1.165) is 11.3 Å². The van der Waals surface area contributed by atoms with Crippen molar-refractivity contribution in [3.8, 4) is 23.0 Å². The van der Waals surface area contributed by atoms with Crippen molar-refractivity contribution in [1.29, 1.82) is 0 Å². The lowest BCUT2D eigenvalue weighted by Crippen LogP contribution is -2.20. The molecule has 0 spiro atoms. The molecule has 0 N–H and O–H groups in total. The molecule has 4 aromatic heterocycles. The van der Waals surface area contributed by atoms with Crippen molar-refractivity contribution in [2.75, 3.05) is 0 Å². The maximum Gasteiger partial charge on any atom is 0.306 e. The second-order valence-corrected chi connectivity index (χ2v) is 7.46. The molecule has 0 unspecified atom stereocenters. The Labute approximate surface area is 167 Å². The van der Waals surface area contributed by atoms with Gasteiger partial charge in [-0.15, -0.1) is 0 Å². The number of hydrogen-bond acceptors (Lipinski definition) is 6. The summed E-state index contributed by atoms with van der Waals surface area (Å²) in [6, 6.07) is 4.20. The summed E-state index contributed by atoms with van der Waals surface area (Å²) >= 11 is 0. The lowest BCUT2D eigenvalue weighted by molar-refractivity contribution is 0.412. The van der Waals surface area contributed by atoms with E-state index in [1.807, 2.05) is 30.8 Å². The fourth-order valence-electron chi connectivity index (χ4n) is 2.99. The average molecular weight is 393 g/mol. The normalized spacial score (nSPS) is 11.7. The first-order chi connectivity index (χ1) is 13.8. The van der Waals surface area contributed by atoms with E-state index in [1.165, 1.54) is 4.57 Å². The summed E-state index contributed by atoms with van der Waals surface area (Å²) in [4.78, 5) is 21.6. The van der Waals surface area contributed by atoms with Crippen LogP contribution in [0.3, 0.4) is 0 Å². The van der Waals surface area contributed by atoms with Gasteiger partial charge in [-0.1, -0.05) is 0 Å². The topological polar surface area (TPSA) is 92.7 Å². The summed E-state index contributed by atoms with van der Waals surface area (Å²) < 4.78 is 10.8. The number of rotatable bonds is 5. The van der Waals surface area contributed by atoms with Gasteiger partial charge in [0.25, 0.3) is 5.56 Å². The van der Waals surface area contributed by atoms with Gasteiger partial charge in [0, 0.05) is 30.9 Å². The first kappa shape index (κ1) is 18.9. The van der Waals surface area contributed by atoms with Gasteiger partial charge in [0.2, 0.25) is 0 Å². The Morgan fingerprint density at radius 2 is 1.79 bits per heavy atom. The van der Waals surface area contributed by atoms with Crippen molar-refractivity contribution < 1.29 is 4.74 Å². The van der Waals surface area contributed by atoms with Gasteiger partial charge in [-0.05, 0) is 39.8 Å². The highest BCUT2D eigenvalue weighted by Crippen LogP contribution is 2.24. The third-order valence-corrected chi connectivity index (χ3v) is 4.65. The number of aromatic nitrogens is 7. The molecule has 0 radical (unpaired) electrons. The molecule has 4 rings (SSSR count). The van der Waals surface area contributed by atoms with Crippen LogP contribution >= 0.6 is 0 Å². The third-order valence-electron chi connectivity index (χ3n) is 4.65. The molecular formula is C20H23N7O2. The zero-order valence-electron chi connectivity index (χ0n) is 17.1. The highest BCUT2D eigenvalue weighted by molar-refractivity contribution is 5.73. The van der Waals surface area contributed by atoms with E-state index in [4.69, 9.17) is 4.74 Å². The Hall–Kier alpha value is -3.49. The highest BCUT2D eigenvalue weighted by Gasteiger charge is 2.16. The van der Waals surface area contributed by atoms with Crippen LogP contribution in [0, 0.1) is 0 Å². The van der Waals surface area contributed by atoms with Gasteiger partial charge in [0.1, 0.15) is 11.1 Å². The number of ether oxygens (including phenoxy) is 1. The molecule has 0 saturated carbocycles. The molecule has 0 fully saturated rings. The molecular weight excluding hydrogens is 370 g/mol. The van der Waals surface area contributed by atoms with E-state index in [2.05, 4.69) is 34.0 Å². The van der Waals surface area contributed by atoms with Crippen LogP contribution in [0.1, 0.15) is 39.8 Å². The summed E-state index contributed by atoms with van der Waals surface area (Å²) in [7, 11) is 1.62. The summed E-state index contributed by atoms with van der Waals surface area (Å²) in [6.07, 6.45) is 6.90. The SMILES string of the molecule is CC(C)n1cc(-c2ccc(Oc3nc4c(cnn4C(C)C)c(=O)n3C)cn2)cn1. The largest absolute Gasteiger partial charge is 0.424 e. The molecule has 150 valence electrons. The van der Waals surface area contributed by atoms with Gasteiger partial charge in [-0.25, -0.2) is 4.68 Å². The molecule has 0 atom stereocenters. The summed E-state index contributed by atoms with van der Waals surface area (Å²) in [5, 5.41) is 9.07. The first-order valence-electron chi connectivity index (χ1n) is 9.48. The molecule has 0 aliphatic heterocycles. The van der Waals surface area contributed by atoms with Crippen LogP contribution in [0.4, 0.5) is 0 Å². The van der Waals surface area contributed by atoms with E-state index in [0.29, 0.717) is 16.8 Å². The van der Waals surface area contributed by atoms with Crippen LogP contribution in [0.25, 0.3) is 22.3 Å². The molecule has 0 bridgehead atoms. The van der Waals surface area contributed by atoms with Crippen LogP contribution < -0.4 is 10.3 Å².